The molecular formula is C25H20Cl2F2N2. The number of nitrogens with one attached hydrogen (secondary N) is 1. The minimum absolute atomic E-state index is 0.0364. The van der Waals surface area contributed by atoms with Crippen molar-refractivity contribution in [2.75, 3.05) is 6.54 Å². The van der Waals surface area contributed by atoms with Crippen LogP contribution < -0.4 is 5.32 Å². The fourth-order valence-electron chi connectivity index (χ4n) is 5.24. The monoisotopic (exact) mass is 456 g/mol. The van der Waals surface area contributed by atoms with E-state index in [1.807, 2.05) is 55.6 Å². The first-order valence-electron chi connectivity index (χ1n) is 10.2. The summed E-state index contributed by atoms with van der Waals surface area (Å²) in [7, 11) is 0. The van der Waals surface area contributed by atoms with E-state index in [9.17, 15) is 4.39 Å². The molecule has 2 aliphatic heterocycles. The molecule has 3 aromatic rings. The number of piperidine rings is 1. The normalized spacial score (nSPS) is 24.5. The Hall–Kier alpha value is -2.27. The lowest BCUT2D eigenvalue weighted by molar-refractivity contribution is 0.262. The molecule has 158 valence electrons. The van der Waals surface area contributed by atoms with Crippen molar-refractivity contribution >= 4 is 35.1 Å². The van der Waals surface area contributed by atoms with Crippen molar-refractivity contribution in [3.8, 4) is 0 Å². The maximum atomic E-state index is 15.2. The molecule has 3 atom stereocenters. The average molecular weight is 457 g/mol. The van der Waals surface area contributed by atoms with Gasteiger partial charge in [-0.05, 0) is 66.9 Å². The third-order valence-corrected chi connectivity index (χ3v) is 7.04. The van der Waals surface area contributed by atoms with Crippen molar-refractivity contribution in [1.29, 1.82) is 0 Å². The van der Waals surface area contributed by atoms with Gasteiger partial charge in [-0.25, -0.2) is 8.78 Å². The van der Waals surface area contributed by atoms with E-state index in [1.165, 1.54) is 6.07 Å². The van der Waals surface area contributed by atoms with Crippen molar-refractivity contribution in [3.05, 3.63) is 98.5 Å². The Morgan fingerprint density at radius 2 is 1.84 bits per heavy atom. The molecular weight excluding hydrogens is 437 g/mol. The lowest BCUT2D eigenvalue weighted by atomic mass is 9.60. The molecule has 6 heteroatoms. The number of halogens is 4. The SMILES string of the molecule is Cc1ccc(F)c(F)c1C1NCCC(c2cccc(Cl)c2)C12C=Nc1cc(Cl)ccc12. The summed E-state index contributed by atoms with van der Waals surface area (Å²) in [5.41, 5.74) is 3.05. The number of aryl methyl sites for hydroxylation is 1. The summed E-state index contributed by atoms with van der Waals surface area (Å²) in [5, 5.41) is 4.71. The van der Waals surface area contributed by atoms with Crippen molar-refractivity contribution < 1.29 is 8.78 Å². The topological polar surface area (TPSA) is 24.4 Å². The number of benzene rings is 3. The van der Waals surface area contributed by atoms with Crippen LogP contribution >= 0.6 is 23.2 Å². The van der Waals surface area contributed by atoms with Gasteiger partial charge in [0.15, 0.2) is 11.6 Å². The first kappa shape index (κ1) is 20.6. The van der Waals surface area contributed by atoms with Crippen LogP contribution in [-0.4, -0.2) is 12.8 Å². The van der Waals surface area contributed by atoms with Crippen LogP contribution in [0.3, 0.4) is 0 Å². The number of aliphatic imine (C=N–C) groups is 1. The highest BCUT2D eigenvalue weighted by atomic mass is 35.5. The molecule has 1 N–H and O–H groups in total. The second kappa shape index (κ2) is 7.70. The second-order valence-corrected chi connectivity index (χ2v) is 9.10. The van der Waals surface area contributed by atoms with Crippen molar-refractivity contribution in [2.45, 2.75) is 30.7 Å². The average Bonchev–Trinajstić information content (AvgIpc) is 3.11. The summed E-state index contributed by atoms with van der Waals surface area (Å²) >= 11 is 12.6. The van der Waals surface area contributed by atoms with E-state index in [1.54, 1.807) is 6.07 Å². The summed E-state index contributed by atoms with van der Waals surface area (Å²) in [6.07, 6.45) is 2.68. The van der Waals surface area contributed by atoms with Gasteiger partial charge in [-0.2, -0.15) is 0 Å². The highest BCUT2D eigenvalue weighted by molar-refractivity contribution is 6.31. The molecule has 2 nitrogen and oxygen atoms in total. The predicted molar refractivity (Wildman–Crippen MR) is 122 cm³/mol. The Bertz CT molecular complexity index is 1210. The third kappa shape index (κ3) is 3.20. The van der Waals surface area contributed by atoms with Gasteiger partial charge in [0, 0.05) is 27.7 Å². The van der Waals surface area contributed by atoms with E-state index in [-0.39, 0.29) is 5.92 Å². The summed E-state index contributed by atoms with van der Waals surface area (Å²) in [6, 6.07) is 15.6. The summed E-state index contributed by atoms with van der Waals surface area (Å²) in [4.78, 5) is 4.69. The maximum Gasteiger partial charge on any atom is 0.163 e. The molecule has 0 aliphatic carbocycles. The Kier molecular flexibility index (Phi) is 5.12. The van der Waals surface area contributed by atoms with Crippen molar-refractivity contribution in [3.63, 3.8) is 0 Å². The number of nitrogens with zero attached hydrogens (tertiary/aromatic N) is 1. The maximum absolute atomic E-state index is 15.2. The molecule has 1 spiro atoms. The molecule has 2 heterocycles. The molecule has 5 rings (SSSR count). The van der Waals surface area contributed by atoms with Crippen LogP contribution in [0.5, 0.6) is 0 Å². The van der Waals surface area contributed by atoms with Crippen LogP contribution in [0.25, 0.3) is 0 Å². The molecule has 1 fully saturated rings. The fourth-order valence-corrected chi connectivity index (χ4v) is 5.60. The zero-order valence-corrected chi connectivity index (χ0v) is 18.3. The van der Waals surface area contributed by atoms with Crippen LogP contribution in [0, 0.1) is 18.6 Å². The predicted octanol–water partition coefficient (Wildman–Crippen LogP) is 7.05. The van der Waals surface area contributed by atoms with Crippen LogP contribution in [0.2, 0.25) is 10.0 Å². The van der Waals surface area contributed by atoms with E-state index < -0.39 is 23.1 Å². The highest BCUT2D eigenvalue weighted by Gasteiger charge is 2.53. The van der Waals surface area contributed by atoms with E-state index in [0.29, 0.717) is 27.7 Å². The van der Waals surface area contributed by atoms with Gasteiger partial charge in [0.05, 0.1) is 17.1 Å². The molecule has 31 heavy (non-hydrogen) atoms. The van der Waals surface area contributed by atoms with Crippen LogP contribution in [0.15, 0.2) is 59.6 Å². The van der Waals surface area contributed by atoms with E-state index in [2.05, 4.69) is 5.32 Å². The number of hydrogen-bond donors (Lipinski definition) is 1. The quantitative estimate of drug-likeness (QED) is 0.438. The molecule has 3 aromatic carbocycles. The minimum atomic E-state index is -0.853. The molecule has 1 saturated heterocycles. The van der Waals surface area contributed by atoms with Crippen LogP contribution in [0.1, 0.15) is 40.6 Å². The lowest BCUT2D eigenvalue weighted by Crippen LogP contribution is -2.52. The van der Waals surface area contributed by atoms with Gasteiger partial charge < -0.3 is 5.32 Å². The molecule has 3 unspecified atom stereocenters. The highest BCUT2D eigenvalue weighted by Crippen LogP contribution is 2.56. The third-order valence-electron chi connectivity index (χ3n) is 6.57. The van der Waals surface area contributed by atoms with Crippen molar-refractivity contribution in [2.24, 2.45) is 4.99 Å². The first-order valence-corrected chi connectivity index (χ1v) is 11.0. The second-order valence-electron chi connectivity index (χ2n) is 8.23. The largest absolute Gasteiger partial charge is 0.309 e. The van der Waals surface area contributed by atoms with Gasteiger partial charge in [0.25, 0.3) is 0 Å². The summed E-state index contributed by atoms with van der Waals surface area (Å²) in [5.74, 6) is -1.71. The zero-order valence-electron chi connectivity index (χ0n) is 16.8. The minimum Gasteiger partial charge on any atom is -0.309 e. The van der Waals surface area contributed by atoms with Crippen LogP contribution in [0.4, 0.5) is 14.5 Å². The number of hydrogen-bond acceptors (Lipinski definition) is 2. The van der Waals surface area contributed by atoms with E-state index in [0.717, 1.165) is 23.2 Å². The Morgan fingerprint density at radius 1 is 1.03 bits per heavy atom. The van der Waals surface area contributed by atoms with E-state index in [4.69, 9.17) is 28.2 Å². The zero-order chi connectivity index (χ0) is 21.8. The van der Waals surface area contributed by atoms with Gasteiger partial charge >= 0.3 is 0 Å². The Labute approximate surface area is 189 Å². The Balaban J connectivity index is 1.79. The first-order chi connectivity index (χ1) is 14.9. The number of rotatable bonds is 2. The standard InChI is InChI=1S/C25H20Cl2F2N2/c1-14-5-8-20(28)23(29)22(14)24-25(13-31-21-12-17(27)6-7-19(21)25)18(9-10-30-24)15-3-2-4-16(26)11-15/h2-8,11-13,18,24,30H,9-10H2,1H3. The summed E-state index contributed by atoms with van der Waals surface area (Å²) in [6.45, 7) is 2.46. The van der Waals surface area contributed by atoms with Gasteiger partial charge in [-0.15, -0.1) is 0 Å². The van der Waals surface area contributed by atoms with Crippen LogP contribution in [-0.2, 0) is 5.41 Å². The van der Waals surface area contributed by atoms with Gasteiger partial charge in [0.1, 0.15) is 0 Å². The summed E-state index contributed by atoms with van der Waals surface area (Å²) < 4.78 is 29.6. The molecule has 0 aromatic heterocycles. The molecule has 0 saturated carbocycles. The molecule has 0 amide bonds. The van der Waals surface area contributed by atoms with Gasteiger partial charge in [-0.1, -0.05) is 47.5 Å². The Morgan fingerprint density at radius 3 is 2.65 bits per heavy atom. The van der Waals surface area contributed by atoms with E-state index >= 15 is 4.39 Å². The smallest absolute Gasteiger partial charge is 0.163 e. The molecule has 0 bridgehead atoms. The van der Waals surface area contributed by atoms with Gasteiger partial charge in [0.2, 0.25) is 0 Å². The number of fused-ring (bicyclic) bond motifs is 2. The van der Waals surface area contributed by atoms with Gasteiger partial charge in [-0.3, -0.25) is 4.99 Å². The van der Waals surface area contributed by atoms with Crippen molar-refractivity contribution in [1.82, 2.24) is 5.32 Å². The fraction of sp³-hybridized carbons (Fsp3) is 0.240. The molecule has 2 aliphatic rings. The lowest BCUT2D eigenvalue weighted by Gasteiger charge is -2.48. The molecule has 0 radical (unpaired) electrons.